The van der Waals surface area contributed by atoms with Gasteiger partial charge < -0.3 is 29.0 Å². The predicted octanol–water partition coefficient (Wildman–Crippen LogP) is 0.976. The highest BCUT2D eigenvalue weighted by atomic mass is 35.5. The molecule has 0 spiro atoms. The summed E-state index contributed by atoms with van der Waals surface area (Å²) < 4.78 is 2.41. The van der Waals surface area contributed by atoms with Crippen LogP contribution in [0.2, 0.25) is 0 Å². The standard InChI is InChI=1S/C25H48N5O.ClH/c1-22(2)14-9-7-5-3-4-6-8-10-16-25(31)17-15-23-29(20-13-21-30(23)25)19-12-11-18-28-24(26)27;/h15,17,22,31H,3-14,16,18-21H2,1-2H3,(H4,26,27,28);1H/q+1;/p-1. The minimum Gasteiger partial charge on any atom is -1.00 e. The monoisotopic (exact) mass is 469 g/mol. The summed E-state index contributed by atoms with van der Waals surface area (Å²) in [5, 5.41) is 11.3. The first-order chi connectivity index (χ1) is 14.9. The summed E-state index contributed by atoms with van der Waals surface area (Å²) in [6, 6.07) is 0. The highest BCUT2D eigenvalue weighted by Gasteiger charge is 2.46. The first kappa shape index (κ1) is 28.8. The van der Waals surface area contributed by atoms with Gasteiger partial charge in [-0.25, -0.2) is 4.90 Å². The second-order valence-electron chi connectivity index (χ2n) is 9.84. The third-order valence-electron chi connectivity index (χ3n) is 6.58. The van der Waals surface area contributed by atoms with Crippen LogP contribution in [0.15, 0.2) is 17.1 Å². The van der Waals surface area contributed by atoms with E-state index < -0.39 is 5.72 Å². The zero-order valence-corrected chi connectivity index (χ0v) is 21.3. The first-order valence-electron chi connectivity index (χ1n) is 12.8. The Labute approximate surface area is 202 Å². The van der Waals surface area contributed by atoms with E-state index in [4.69, 9.17) is 11.5 Å². The fraction of sp³-hybridized carbons (Fsp3) is 0.840. The van der Waals surface area contributed by atoms with Crippen molar-refractivity contribution in [1.82, 2.24) is 4.90 Å². The second-order valence-corrected chi connectivity index (χ2v) is 9.84. The van der Waals surface area contributed by atoms with Crippen LogP contribution in [0.25, 0.3) is 0 Å². The van der Waals surface area contributed by atoms with E-state index in [9.17, 15) is 5.11 Å². The Kier molecular flexibility index (Phi) is 14.0. The van der Waals surface area contributed by atoms with Crippen molar-refractivity contribution in [1.29, 1.82) is 0 Å². The van der Waals surface area contributed by atoms with Crippen LogP contribution in [-0.4, -0.2) is 58.3 Å². The van der Waals surface area contributed by atoms with Crippen LogP contribution >= 0.6 is 0 Å². The van der Waals surface area contributed by atoms with Crippen molar-refractivity contribution in [3.05, 3.63) is 12.2 Å². The molecule has 0 saturated carbocycles. The zero-order chi connectivity index (χ0) is 22.5. The van der Waals surface area contributed by atoms with Gasteiger partial charge in [0, 0.05) is 25.5 Å². The van der Waals surface area contributed by atoms with Gasteiger partial charge in [-0.3, -0.25) is 9.57 Å². The maximum Gasteiger partial charge on any atom is 0.274 e. The molecule has 6 nitrogen and oxygen atoms in total. The van der Waals surface area contributed by atoms with Gasteiger partial charge >= 0.3 is 0 Å². The Morgan fingerprint density at radius 2 is 1.72 bits per heavy atom. The lowest BCUT2D eigenvalue weighted by Crippen LogP contribution is -3.00. The lowest BCUT2D eigenvalue weighted by Gasteiger charge is -2.32. The van der Waals surface area contributed by atoms with E-state index in [1.165, 1.54) is 57.2 Å². The summed E-state index contributed by atoms with van der Waals surface area (Å²) >= 11 is 0. The third kappa shape index (κ3) is 10.1. The lowest BCUT2D eigenvalue weighted by atomic mass is 10.0. The topological polar surface area (TPSA) is 90.9 Å². The highest BCUT2D eigenvalue weighted by molar-refractivity contribution is 5.92. The molecule has 1 atom stereocenters. The lowest BCUT2D eigenvalue weighted by molar-refractivity contribution is -0.539. The van der Waals surface area contributed by atoms with Crippen LogP contribution in [0.3, 0.4) is 0 Å². The molecule has 1 unspecified atom stereocenters. The fourth-order valence-corrected chi connectivity index (χ4v) is 4.77. The summed E-state index contributed by atoms with van der Waals surface area (Å²) in [7, 11) is 0. The van der Waals surface area contributed by atoms with Crippen LogP contribution in [0.5, 0.6) is 0 Å². The first-order valence-corrected chi connectivity index (χ1v) is 12.8. The predicted molar refractivity (Wildman–Crippen MR) is 131 cm³/mol. The number of aliphatic hydroxyl groups is 1. The highest BCUT2D eigenvalue weighted by Crippen LogP contribution is 2.30. The van der Waals surface area contributed by atoms with E-state index in [1.807, 2.05) is 6.08 Å². The van der Waals surface area contributed by atoms with E-state index in [0.717, 1.165) is 57.7 Å². The van der Waals surface area contributed by atoms with Crippen molar-refractivity contribution < 1.29 is 22.1 Å². The van der Waals surface area contributed by atoms with Crippen molar-refractivity contribution in [3.8, 4) is 0 Å². The molecule has 7 heteroatoms. The third-order valence-corrected chi connectivity index (χ3v) is 6.58. The van der Waals surface area contributed by atoms with Gasteiger partial charge in [0.15, 0.2) is 5.96 Å². The molecule has 2 aliphatic heterocycles. The second kappa shape index (κ2) is 15.5. The average Bonchev–Trinajstić information content (AvgIpc) is 3.06. The van der Waals surface area contributed by atoms with Gasteiger partial charge in [0.1, 0.15) is 0 Å². The molecule has 0 bridgehead atoms. The molecular weight excluding hydrogens is 422 g/mol. The molecule has 0 aliphatic carbocycles. The molecule has 2 aliphatic rings. The van der Waals surface area contributed by atoms with Crippen LogP contribution in [0.4, 0.5) is 0 Å². The summed E-state index contributed by atoms with van der Waals surface area (Å²) in [6.07, 6.45) is 20.0. The van der Waals surface area contributed by atoms with E-state index in [1.54, 1.807) is 0 Å². The number of aliphatic imine (C=N–C) groups is 1. The molecule has 2 rings (SSSR count). The minimum absolute atomic E-state index is 0. The van der Waals surface area contributed by atoms with E-state index >= 15 is 0 Å². The van der Waals surface area contributed by atoms with Crippen molar-refractivity contribution >= 4 is 11.8 Å². The molecule has 0 amide bonds. The molecule has 0 saturated heterocycles. The van der Waals surface area contributed by atoms with Gasteiger partial charge in [-0.05, 0) is 31.3 Å². The van der Waals surface area contributed by atoms with Crippen LogP contribution in [0.1, 0.15) is 97.3 Å². The van der Waals surface area contributed by atoms with Crippen LogP contribution in [-0.2, 0) is 0 Å². The van der Waals surface area contributed by atoms with Gasteiger partial charge in [0.2, 0.25) is 5.72 Å². The molecule has 0 fully saturated rings. The fourth-order valence-electron chi connectivity index (χ4n) is 4.77. The molecule has 32 heavy (non-hydrogen) atoms. The van der Waals surface area contributed by atoms with Crippen LogP contribution in [0, 0.1) is 5.92 Å². The Morgan fingerprint density at radius 1 is 1.06 bits per heavy atom. The normalized spacial score (nSPS) is 19.9. The van der Waals surface area contributed by atoms with E-state index in [-0.39, 0.29) is 18.4 Å². The quantitative estimate of drug-likeness (QED) is 0.136. The molecular formula is C25H48ClN5O. The Morgan fingerprint density at radius 3 is 2.38 bits per heavy atom. The summed E-state index contributed by atoms with van der Waals surface area (Å²) in [5.74, 6) is 2.21. The van der Waals surface area contributed by atoms with Crippen molar-refractivity contribution in [2.75, 3.05) is 26.2 Å². The van der Waals surface area contributed by atoms with E-state index in [0.29, 0.717) is 6.54 Å². The van der Waals surface area contributed by atoms with Gasteiger partial charge in [0.05, 0.1) is 19.6 Å². The number of fused-ring (bicyclic) bond motifs is 1. The Hall–Kier alpha value is -1.27. The molecule has 2 heterocycles. The van der Waals surface area contributed by atoms with Gasteiger partial charge in [-0.15, -0.1) is 0 Å². The molecule has 0 radical (unpaired) electrons. The van der Waals surface area contributed by atoms with Crippen LogP contribution < -0.4 is 23.9 Å². The number of rotatable bonds is 16. The number of guanidine groups is 1. The Bertz CT molecular complexity index is 615. The Balaban J connectivity index is 0.00000512. The number of hydrogen-bond acceptors (Lipinski definition) is 3. The van der Waals surface area contributed by atoms with Crippen molar-refractivity contribution in [2.45, 2.75) is 103 Å². The number of hydrogen-bond donors (Lipinski definition) is 3. The SMILES string of the molecule is CC(C)CCCCCCCCCCC1(O)C=CC2=[N+](CCCCN=C(N)N)CCCN21.[Cl-]. The van der Waals surface area contributed by atoms with Crippen molar-refractivity contribution in [3.63, 3.8) is 0 Å². The number of amidine groups is 1. The number of halogens is 1. The minimum atomic E-state index is -0.789. The number of nitrogens with two attached hydrogens (primary N) is 2. The zero-order valence-electron chi connectivity index (χ0n) is 20.6. The van der Waals surface area contributed by atoms with Crippen molar-refractivity contribution in [2.24, 2.45) is 22.4 Å². The van der Waals surface area contributed by atoms with Gasteiger partial charge in [0.25, 0.3) is 5.84 Å². The molecule has 186 valence electrons. The number of unbranched alkanes of at least 4 members (excludes halogenated alkanes) is 8. The maximum atomic E-state index is 11.3. The maximum absolute atomic E-state index is 11.3. The average molecular weight is 470 g/mol. The molecule has 0 aromatic rings. The summed E-state index contributed by atoms with van der Waals surface area (Å²) in [4.78, 5) is 6.28. The summed E-state index contributed by atoms with van der Waals surface area (Å²) in [6.45, 7) is 8.31. The molecule has 5 N–H and O–H groups in total. The van der Waals surface area contributed by atoms with Gasteiger partial charge in [-0.2, -0.15) is 0 Å². The molecule has 0 aromatic heterocycles. The largest absolute Gasteiger partial charge is 1.00 e. The van der Waals surface area contributed by atoms with E-state index in [2.05, 4.69) is 34.4 Å². The smallest absolute Gasteiger partial charge is 0.274 e. The summed E-state index contributed by atoms with van der Waals surface area (Å²) in [5.41, 5.74) is 9.99. The van der Waals surface area contributed by atoms with Gasteiger partial charge in [-0.1, -0.05) is 65.2 Å². The molecule has 0 aromatic carbocycles. The number of nitrogens with zero attached hydrogens (tertiary/aromatic N) is 3.